The third-order valence-corrected chi connectivity index (χ3v) is 2.77. The van der Waals surface area contributed by atoms with Gasteiger partial charge in [-0.1, -0.05) is 23.6 Å². The van der Waals surface area contributed by atoms with Crippen LogP contribution >= 0.6 is 0 Å². The first-order chi connectivity index (χ1) is 8.25. The Morgan fingerprint density at radius 1 is 1.24 bits per heavy atom. The molecule has 0 aliphatic carbocycles. The molecule has 1 aromatic carbocycles. The number of amides is 1. The Morgan fingerprint density at radius 2 is 1.88 bits per heavy atom. The standard InChI is InChI=1S/C14H16N2O/c1-12-2-4-13(5-3-12)6-7-14(17)16-10-8-15-9-11-16/h2-5,15H,8-11H2,1H3. The first-order valence-electron chi connectivity index (χ1n) is 5.84. The fourth-order valence-corrected chi connectivity index (χ4v) is 1.71. The van der Waals surface area contributed by atoms with Gasteiger partial charge in [0, 0.05) is 37.7 Å². The maximum atomic E-state index is 11.8. The number of hydrogen-bond donors (Lipinski definition) is 1. The van der Waals surface area contributed by atoms with Crippen molar-refractivity contribution >= 4 is 5.91 Å². The topological polar surface area (TPSA) is 32.3 Å². The summed E-state index contributed by atoms with van der Waals surface area (Å²) in [6, 6.07) is 7.87. The van der Waals surface area contributed by atoms with E-state index in [1.165, 1.54) is 5.56 Å². The molecule has 3 heteroatoms. The van der Waals surface area contributed by atoms with Crippen LogP contribution in [0.15, 0.2) is 24.3 Å². The second kappa shape index (κ2) is 5.51. The van der Waals surface area contributed by atoms with Crippen molar-refractivity contribution in [1.29, 1.82) is 0 Å². The van der Waals surface area contributed by atoms with Gasteiger partial charge in [0.05, 0.1) is 0 Å². The normalized spacial score (nSPS) is 15.0. The lowest BCUT2D eigenvalue weighted by atomic mass is 10.1. The Kier molecular flexibility index (Phi) is 3.79. The average molecular weight is 228 g/mol. The Morgan fingerprint density at radius 3 is 2.53 bits per heavy atom. The zero-order chi connectivity index (χ0) is 12.1. The molecule has 1 aliphatic rings. The first kappa shape index (κ1) is 11.7. The zero-order valence-corrected chi connectivity index (χ0v) is 9.99. The van der Waals surface area contributed by atoms with Crippen molar-refractivity contribution in [1.82, 2.24) is 10.2 Å². The van der Waals surface area contributed by atoms with Gasteiger partial charge in [-0.2, -0.15) is 0 Å². The molecule has 3 nitrogen and oxygen atoms in total. The fourth-order valence-electron chi connectivity index (χ4n) is 1.71. The molecule has 17 heavy (non-hydrogen) atoms. The third kappa shape index (κ3) is 3.33. The number of benzene rings is 1. The van der Waals surface area contributed by atoms with E-state index in [0.29, 0.717) is 0 Å². The largest absolute Gasteiger partial charge is 0.329 e. The van der Waals surface area contributed by atoms with Crippen molar-refractivity contribution in [3.8, 4) is 11.8 Å². The van der Waals surface area contributed by atoms with Crippen molar-refractivity contribution < 1.29 is 4.79 Å². The smallest absolute Gasteiger partial charge is 0.298 e. The molecule has 1 fully saturated rings. The van der Waals surface area contributed by atoms with Gasteiger partial charge in [-0.3, -0.25) is 4.79 Å². The number of aryl methyl sites for hydroxylation is 1. The maximum Gasteiger partial charge on any atom is 0.298 e. The third-order valence-electron chi connectivity index (χ3n) is 2.77. The van der Waals surface area contributed by atoms with Crippen molar-refractivity contribution in [2.24, 2.45) is 0 Å². The summed E-state index contributed by atoms with van der Waals surface area (Å²) in [5.41, 5.74) is 2.09. The van der Waals surface area contributed by atoms with Crippen molar-refractivity contribution in [2.75, 3.05) is 26.2 Å². The minimum atomic E-state index is -0.0768. The van der Waals surface area contributed by atoms with E-state index in [1.807, 2.05) is 31.2 Å². The number of nitrogens with one attached hydrogen (secondary N) is 1. The highest BCUT2D eigenvalue weighted by molar-refractivity contribution is 5.94. The van der Waals surface area contributed by atoms with E-state index in [-0.39, 0.29) is 5.91 Å². The van der Waals surface area contributed by atoms with Crippen molar-refractivity contribution in [3.05, 3.63) is 35.4 Å². The number of carbonyl (C=O) groups is 1. The number of piperazine rings is 1. The predicted octanol–water partition coefficient (Wildman–Crippen LogP) is 0.778. The van der Waals surface area contributed by atoms with E-state index in [9.17, 15) is 4.79 Å². The van der Waals surface area contributed by atoms with Gasteiger partial charge >= 0.3 is 0 Å². The average Bonchev–Trinajstić information content (AvgIpc) is 2.39. The molecule has 1 amide bonds. The van der Waals surface area contributed by atoms with E-state index in [2.05, 4.69) is 17.2 Å². The zero-order valence-electron chi connectivity index (χ0n) is 9.99. The SMILES string of the molecule is Cc1ccc(C#CC(=O)N2CCNCC2)cc1. The van der Waals surface area contributed by atoms with Crippen LogP contribution in [0.2, 0.25) is 0 Å². The van der Waals surface area contributed by atoms with Crippen LogP contribution in [0.5, 0.6) is 0 Å². The van der Waals surface area contributed by atoms with E-state index < -0.39 is 0 Å². The van der Waals surface area contributed by atoms with Gasteiger partial charge < -0.3 is 10.2 Å². The molecule has 2 rings (SSSR count). The molecule has 0 unspecified atom stereocenters. The molecule has 1 aliphatic heterocycles. The summed E-state index contributed by atoms with van der Waals surface area (Å²) in [4.78, 5) is 13.6. The van der Waals surface area contributed by atoms with Crippen LogP contribution in [0.3, 0.4) is 0 Å². The highest BCUT2D eigenvalue weighted by atomic mass is 16.2. The lowest BCUT2D eigenvalue weighted by molar-refractivity contribution is -0.125. The van der Waals surface area contributed by atoms with Gasteiger partial charge in [-0.25, -0.2) is 0 Å². The van der Waals surface area contributed by atoms with Crippen LogP contribution in [0, 0.1) is 18.8 Å². The highest BCUT2D eigenvalue weighted by Crippen LogP contribution is 2.01. The number of rotatable bonds is 0. The summed E-state index contributed by atoms with van der Waals surface area (Å²) in [6.07, 6.45) is 0. The van der Waals surface area contributed by atoms with Gasteiger partial charge in [0.1, 0.15) is 0 Å². The van der Waals surface area contributed by atoms with Gasteiger partial charge in [0.2, 0.25) is 0 Å². The summed E-state index contributed by atoms with van der Waals surface area (Å²) in [6.45, 7) is 5.25. The quantitative estimate of drug-likeness (QED) is 0.665. The molecule has 0 saturated carbocycles. The molecule has 0 atom stereocenters. The first-order valence-corrected chi connectivity index (χ1v) is 5.84. The minimum absolute atomic E-state index is 0.0768. The summed E-state index contributed by atoms with van der Waals surface area (Å²) in [5.74, 6) is 5.53. The summed E-state index contributed by atoms with van der Waals surface area (Å²) < 4.78 is 0. The fraction of sp³-hybridized carbons (Fsp3) is 0.357. The van der Waals surface area contributed by atoms with E-state index in [1.54, 1.807) is 4.90 Å². The number of nitrogens with zero attached hydrogens (tertiary/aromatic N) is 1. The van der Waals surface area contributed by atoms with Gasteiger partial charge in [-0.15, -0.1) is 0 Å². The predicted molar refractivity (Wildman–Crippen MR) is 67.5 cm³/mol. The molecule has 0 spiro atoms. The molecule has 1 N–H and O–H groups in total. The summed E-state index contributed by atoms with van der Waals surface area (Å²) in [5, 5.41) is 3.21. The Labute approximate surface area is 102 Å². The van der Waals surface area contributed by atoms with Crippen LogP contribution < -0.4 is 5.32 Å². The Bertz CT molecular complexity index is 447. The molecule has 1 saturated heterocycles. The number of hydrogen-bond acceptors (Lipinski definition) is 2. The molecule has 1 aromatic rings. The van der Waals surface area contributed by atoms with Crippen LogP contribution in [-0.2, 0) is 4.79 Å². The summed E-state index contributed by atoms with van der Waals surface area (Å²) >= 11 is 0. The number of carbonyl (C=O) groups excluding carboxylic acids is 1. The maximum absolute atomic E-state index is 11.8. The van der Waals surface area contributed by atoms with Gasteiger partial charge in [0.15, 0.2) is 0 Å². The van der Waals surface area contributed by atoms with Crippen molar-refractivity contribution in [2.45, 2.75) is 6.92 Å². The second-order valence-electron chi connectivity index (χ2n) is 4.16. The molecule has 0 aromatic heterocycles. The van der Waals surface area contributed by atoms with Crippen LogP contribution in [-0.4, -0.2) is 37.0 Å². The minimum Gasteiger partial charge on any atom is -0.329 e. The lowest BCUT2D eigenvalue weighted by Crippen LogP contribution is -2.46. The van der Waals surface area contributed by atoms with Gasteiger partial charge in [0.25, 0.3) is 5.91 Å². The second-order valence-corrected chi connectivity index (χ2v) is 4.16. The van der Waals surface area contributed by atoms with Gasteiger partial charge in [-0.05, 0) is 19.1 Å². The van der Waals surface area contributed by atoms with Crippen molar-refractivity contribution in [3.63, 3.8) is 0 Å². The van der Waals surface area contributed by atoms with Crippen LogP contribution in [0.1, 0.15) is 11.1 Å². The van der Waals surface area contributed by atoms with E-state index >= 15 is 0 Å². The molecular weight excluding hydrogens is 212 g/mol. The van der Waals surface area contributed by atoms with E-state index in [0.717, 1.165) is 31.7 Å². The highest BCUT2D eigenvalue weighted by Gasteiger charge is 2.13. The van der Waals surface area contributed by atoms with Crippen LogP contribution in [0.4, 0.5) is 0 Å². The lowest BCUT2D eigenvalue weighted by Gasteiger charge is -2.25. The monoisotopic (exact) mass is 228 g/mol. The summed E-state index contributed by atoms with van der Waals surface area (Å²) in [7, 11) is 0. The molecule has 0 bridgehead atoms. The Balaban J connectivity index is 2.00. The molecule has 1 heterocycles. The van der Waals surface area contributed by atoms with Crippen LogP contribution in [0.25, 0.3) is 0 Å². The Hall–Kier alpha value is -1.79. The molecule has 88 valence electrons. The molecule has 0 radical (unpaired) electrons. The molecular formula is C14H16N2O. The van der Waals surface area contributed by atoms with E-state index in [4.69, 9.17) is 0 Å².